The molecule has 3 heterocycles. The van der Waals surface area contributed by atoms with Gasteiger partial charge in [0.1, 0.15) is 5.75 Å². The van der Waals surface area contributed by atoms with Crippen molar-refractivity contribution in [2.75, 3.05) is 18.0 Å². The Balaban J connectivity index is 1.27. The summed E-state index contributed by atoms with van der Waals surface area (Å²) in [7, 11) is 0. The predicted octanol–water partition coefficient (Wildman–Crippen LogP) is 6.97. The van der Waals surface area contributed by atoms with Crippen molar-refractivity contribution in [3.63, 3.8) is 0 Å². The number of para-hydroxylation sites is 2. The first-order valence-corrected chi connectivity index (χ1v) is 13.6. The Bertz CT molecular complexity index is 1250. The molecular formula is C31H35N3O3. The molecule has 0 aromatic heterocycles. The first-order valence-electron chi connectivity index (χ1n) is 13.6. The Morgan fingerprint density at radius 2 is 1.54 bits per heavy atom. The van der Waals surface area contributed by atoms with E-state index < -0.39 is 0 Å². The van der Waals surface area contributed by atoms with Crippen LogP contribution < -0.4 is 14.4 Å². The normalized spacial score (nSPS) is 22.1. The van der Waals surface area contributed by atoms with E-state index in [9.17, 15) is 4.79 Å². The number of benzene rings is 3. The van der Waals surface area contributed by atoms with Crippen molar-refractivity contribution in [1.82, 2.24) is 9.80 Å². The summed E-state index contributed by atoms with van der Waals surface area (Å²) in [6.45, 7) is 6.16. The summed E-state index contributed by atoms with van der Waals surface area (Å²) in [5.74, 6) is 2.09. The van der Waals surface area contributed by atoms with Gasteiger partial charge in [-0.2, -0.15) is 0 Å². The van der Waals surface area contributed by atoms with Crippen LogP contribution in [0.3, 0.4) is 0 Å². The lowest BCUT2D eigenvalue weighted by Crippen LogP contribution is -2.49. The smallest absolute Gasteiger partial charge is 0.415 e. The molecule has 0 N–H and O–H groups in total. The van der Waals surface area contributed by atoms with Gasteiger partial charge >= 0.3 is 6.09 Å². The molecule has 3 aromatic rings. The zero-order chi connectivity index (χ0) is 25.4. The van der Waals surface area contributed by atoms with Gasteiger partial charge < -0.3 is 19.3 Å². The minimum Gasteiger partial charge on any atom is -0.453 e. The third kappa shape index (κ3) is 4.55. The average Bonchev–Trinajstić information content (AvgIpc) is 3.14. The Labute approximate surface area is 219 Å². The second-order valence-electron chi connectivity index (χ2n) is 10.3. The van der Waals surface area contributed by atoms with Gasteiger partial charge in [-0.3, -0.25) is 4.90 Å². The van der Waals surface area contributed by atoms with E-state index in [1.807, 2.05) is 44.2 Å². The fourth-order valence-electron chi connectivity index (χ4n) is 6.38. The highest BCUT2D eigenvalue weighted by atomic mass is 16.6. The molecule has 6 rings (SSSR count). The summed E-state index contributed by atoms with van der Waals surface area (Å²) in [4.78, 5) is 19.4. The number of hydrogen-bond acceptors (Lipinski definition) is 5. The molecule has 3 aliphatic heterocycles. The molecule has 0 saturated carbocycles. The van der Waals surface area contributed by atoms with E-state index >= 15 is 0 Å². The number of carbonyl (C=O) groups excluding carboxylic acids is 1. The SMILES string of the molecule is CCN(CC)C(=O)Oc1ccc2c(c1)Oc1ccccc1N2C1CC2CCC(C1)N2Cc1ccccc1. The van der Waals surface area contributed by atoms with Crippen molar-refractivity contribution in [2.24, 2.45) is 0 Å². The molecule has 0 aliphatic carbocycles. The maximum Gasteiger partial charge on any atom is 0.415 e. The van der Waals surface area contributed by atoms with Crippen LogP contribution in [0.2, 0.25) is 0 Å². The fraction of sp³-hybridized carbons (Fsp3) is 0.387. The minimum absolute atomic E-state index is 0.333. The van der Waals surface area contributed by atoms with E-state index in [1.165, 1.54) is 18.4 Å². The van der Waals surface area contributed by atoms with Gasteiger partial charge in [0.05, 0.1) is 11.4 Å². The Kier molecular flexibility index (Phi) is 6.51. The summed E-state index contributed by atoms with van der Waals surface area (Å²) < 4.78 is 12.0. The number of anilines is 2. The molecule has 3 aliphatic rings. The number of amides is 1. The molecule has 2 saturated heterocycles. The largest absolute Gasteiger partial charge is 0.453 e. The third-order valence-electron chi connectivity index (χ3n) is 8.19. The molecular weight excluding hydrogens is 462 g/mol. The molecule has 0 radical (unpaired) electrons. The molecule has 2 fully saturated rings. The monoisotopic (exact) mass is 497 g/mol. The average molecular weight is 498 g/mol. The highest BCUT2D eigenvalue weighted by Crippen LogP contribution is 2.51. The molecule has 37 heavy (non-hydrogen) atoms. The van der Waals surface area contributed by atoms with E-state index in [0.717, 1.165) is 42.3 Å². The molecule has 192 valence electrons. The predicted molar refractivity (Wildman–Crippen MR) is 146 cm³/mol. The van der Waals surface area contributed by atoms with Crippen LogP contribution in [-0.2, 0) is 6.54 Å². The second kappa shape index (κ2) is 10.1. The van der Waals surface area contributed by atoms with Crippen LogP contribution in [0.25, 0.3) is 0 Å². The summed E-state index contributed by atoms with van der Waals surface area (Å²) in [5, 5.41) is 0. The number of fused-ring (bicyclic) bond motifs is 4. The molecule has 6 heteroatoms. The fourth-order valence-corrected chi connectivity index (χ4v) is 6.38. The lowest BCUT2D eigenvalue weighted by atomic mass is 9.93. The molecule has 2 bridgehead atoms. The van der Waals surface area contributed by atoms with Crippen LogP contribution >= 0.6 is 0 Å². The van der Waals surface area contributed by atoms with Crippen molar-refractivity contribution in [2.45, 2.75) is 64.2 Å². The lowest BCUT2D eigenvalue weighted by molar-refractivity contribution is 0.119. The molecule has 2 unspecified atom stereocenters. The molecule has 1 amide bonds. The van der Waals surface area contributed by atoms with Crippen LogP contribution in [0.1, 0.15) is 45.1 Å². The number of piperidine rings is 1. The number of nitrogens with zero attached hydrogens (tertiary/aromatic N) is 3. The van der Waals surface area contributed by atoms with Crippen LogP contribution in [0.4, 0.5) is 16.2 Å². The van der Waals surface area contributed by atoms with Crippen molar-refractivity contribution in [1.29, 1.82) is 0 Å². The van der Waals surface area contributed by atoms with Crippen molar-refractivity contribution >= 4 is 17.5 Å². The van der Waals surface area contributed by atoms with Crippen LogP contribution in [0.15, 0.2) is 72.8 Å². The van der Waals surface area contributed by atoms with Crippen LogP contribution in [-0.4, -0.2) is 47.1 Å². The molecule has 2 atom stereocenters. The van der Waals surface area contributed by atoms with Gasteiger partial charge in [0, 0.05) is 43.8 Å². The van der Waals surface area contributed by atoms with Crippen molar-refractivity contribution in [3.8, 4) is 17.2 Å². The summed E-state index contributed by atoms with van der Waals surface area (Å²) in [5.41, 5.74) is 3.55. The highest BCUT2D eigenvalue weighted by Gasteiger charge is 2.44. The minimum atomic E-state index is -0.333. The highest BCUT2D eigenvalue weighted by molar-refractivity contribution is 5.80. The van der Waals surface area contributed by atoms with E-state index in [-0.39, 0.29) is 6.09 Å². The third-order valence-corrected chi connectivity index (χ3v) is 8.19. The van der Waals surface area contributed by atoms with Gasteiger partial charge in [0.2, 0.25) is 0 Å². The van der Waals surface area contributed by atoms with E-state index in [1.54, 1.807) is 4.90 Å². The first-order chi connectivity index (χ1) is 18.1. The molecule has 0 spiro atoms. The van der Waals surface area contributed by atoms with E-state index in [4.69, 9.17) is 9.47 Å². The summed E-state index contributed by atoms with van der Waals surface area (Å²) in [6.07, 6.45) is 4.42. The summed E-state index contributed by atoms with van der Waals surface area (Å²) >= 11 is 0. The Morgan fingerprint density at radius 1 is 0.865 bits per heavy atom. The standard InChI is InChI=1S/C31H35N3O3/c1-3-32(4-2)31(35)36-26-16-17-28-30(20-26)37-29-13-9-8-12-27(29)34(28)25-18-23-14-15-24(19-25)33(23)21-22-10-6-5-7-11-22/h5-13,16-17,20,23-25H,3-4,14-15,18-19,21H2,1-2H3. The van der Waals surface area contributed by atoms with Crippen molar-refractivity contribution < 1.29 is 14.3 Å². The zero-order valence-corrected chi connectivity index (χ0v) is 21.7. The summed E-state index contributed by atoms with van der Waals surface area (Å²) in [6, 6.07) is 26.5. The van der Waals surface area contributed by atoms with Gasteiger partial charge in [0.25, 0.3) is 0 Å². The van der Waals surface area contributed by atoms with Crippen molar-refractivity contribution in [3.05, 3.63) is 78.4 Å². The van der Waals surface area contributed by atoms with Gasteiger partial charge in [-0.25, -0.2) is 4.79 Å². The number of rotatable bonds is 6. The second-order valence-corrected chi connectivity index (χ2v) is 10.3. The molecule has 3 aromatic carbocycles. The quantitative estimate of drug-likeness (QED) is 0.368. The Hall–Kier alpha value is -3.51. The Morgan fingerprint density at radius 3 is 2.27 bits per heavy atom. The van der Waals surface area contributed by atoms with E-state index in [0.29, 0.717) is 37.0 Å². The van der Waals surface area contributed by atoms with Gasteiger partial charge in [-0.15, -0.1) is 0 Å². The van der Waals surface area contributed by atoms with E-state index in [2.05, 4.69) is 52.3 Å². The van der Waals surface area contributed by atoms with Gasteiger partial charge in [-0.1, -0.05) is 42.5 Å². The molecule has 6 nitrogen and oxygen atoms in total. The number of ether oxygens (including phenoxy) is 2. The first kappa shape index (κ1) is 23.9. The maximum atomic E-state index is 12.5. The number of hydrogen-bond donors (Lipinski definition) is 0. The van der Waals surface area contributed by atoms with Crippen LogP contribution in [0.5, 0.6) is 17.2 Å². The van der Waals surface area contributed by atoms with Gasteiger partial charge in [0.15, 0.2) is 11.5 Å². The topological polar surface area (TPSA) is 45.3 Å². The zero-order valence-electron chi connectivity index (χ0n) is 21.7. The number of carbonyl (C=O) groups is 1. The van der Waals surface area contributed by atoms with Gasteiger partial charge in [-0.05, 0) is 69.4 Å². The lowest BCUT2D eigenvalue weighted by Gasteiger charge is -2.46. The van der Waals surface area contributed by atoms with Crippen LogP contribution in [0, 0.1) is 0 Å². The maximum absolute atomic E-state index is 12.5.